The lowest BCUT2D eigenvalue weighted by molar-refractivity contribution is 0.301. The van der Waals surface area contributed by atoms with Gasteiger partial charge in [-0.15, -0.1) is 0 Å². The lowest BCUT2D eigenvalue weighted by Crippen LogP contribution is -1.99. The molecular formula is C30H24N4O2. The van der Waals surface area contributed by atoms with Crippen LogP contribution in [0.25, 0.3) is 22.1 Å². The van der Waals surface area contributed by atoms with E-state index in [0.29, 0.717) is 13.2 Å². The Balaban J connectivity index is 1.08. The van der Waals surface area contributed by atoms with Gasteiger partial charge in [-0.1, -0.05) is 48.5 Å². The van der Waals surface area contributed by atoms with E-state index < -0.39 is 0 Å². The Kier molecular flexibility index (Phi) is 5.90. The van der Waals surface area contributed by atoms with Crippen LogP contribution in [0.4, 0.5) is 0 Å². The zero-order valence-electron chi connectivity index (χ0n) is 19.6. The van der Waals surface area contributed by atoms with Crippen LogP contribution in [0.2, 0.25) is 0 Å². The molecule has 6 nitrogen and oxygen atoms in total. The fraction of sp³-hybridized carbons (Fsp3) is 0.0667. The van der Waals surface area contributed by atoms with Gasteiger partial charge in [0.2, 0.25) is 0 Å². The van der Waals surface area contributed by atoms with Gasteiger partial charge in [-0.05, 0) is 65.4 Å². The first-order chi connectivity index (χ1) is 17.8. The maximum atomic E-state index is 6.03. The second-order valence-electron chi connectivity index (χ2n) is 8.46. The molecule has 0 aliphatic heterocycles. The van der Waals surface area contributed by atoms with Crippen LogP contribution in [0.15, 0.2) is 122 Å². The third-order valence-corrected chi connectivity index (χ3v) is 5.90. The van der Waals surface area contributed by atoms with Crippen molar-refractivity contribution >= 4 is 10.8 Å². The van der Waals surface area contributed by atoms with Crippen molar-refractivity contribution < 1.29 is 9.47 Å². The van der Waals surface area contributed by atoms with Crippen LogP contribution < -0.4 is 9.47 Å². The molecule has 0 N–H and O–H groups in total. The van der Waals surface area contributed by atoms with Crippen molar-refractivity contribution in [3.05, 3.63) is 133 Å². The number of hydrogen-bond acceptors (Lipinski definition) is 4. The maximum absolute atomic E-state index is 6.03. The first-order valence-electron chi connectivity index (χ1n) is 11.8. The van der Waals surface area contributed by atoms with Gasteiger partial charge in [0, 0.05) is 18.0 Å². The van der Waals surface area contributed by atoms with Crippen molar-refractivity contribution in [3.8, 4) is 22.9 Å². The quantitative estimate of drug-likeness (QED) is 0.258. The second-order valence-corrected chi connectivity index (χ2v) is 8.46. The fourth-order valence-electron chi connectivity index (χ4n) is 4.03. The van der Waals surface area contributed by atoms with Crippen LogP contribution >= 0.6 is 0 Å². The highest BCUT2D eigenvalue weighted by Crippen LogP contribution is 2.26. The Labute approximate surface area is 209 Å². The molecule has 0 atom stereocenters. The number of nitrogens with zero attached hydrogens (tertiary/aromatic N) is 4. The largest absolute Gasteiger partial charge is 0.489 e. The SMILES string of the molecule is c1ccc(-n2cc(COc3ccc4cc(OCc5ccn(-c6ccccc6)n5)ccc4c3)cn2)cc1. The Morgan fingerprint density at radius 1 is 0.611 bits per heavy atom. The van der Waals surface area contributed by atoms with Gasteiger partial charge in [-0.2, -0.15) is 10.2 Å². The molecule has 0 radical (unpaired) electrons. The molecule has 6 aromatic rings. The number of rotatable bonds is 8. The van der Waals surface area contributed by atoms with E-state index in [1.807, 2.05) is 125 Å². The van der Waals surface area contributed by atoms with E-state index in [4.69, 9.17) is 9.47 Å². The Morgan fingerprint density at radius 3 is 1.89 bits per heavy atom. The summed E-state index contributed by atoms with van der Waals surface area (Å²) in [6.45, 7) is 0.859. The standard InChI is InChI=1S/C30H24N4O2/c1-3-7-27(8-4-1)33-16-15-26(32-33)22-36-30-14-12-24-17-29(13-11-25(24)18-30)35-21-23-19-31-34(20-23)28-9-5-2-6-10-28/h1-20H,21-22H2. The Hall–Kier alpha value is -4.84. The zero-order valence-corrected chi connectivity index (χ0v) is 19.6. The molecule has 0 saturated heterocycles. The van der Waals surface area contributed by atoms with Crippen LogP contribution in [0.3, 0.4) is 0 Å². The molecule has 176 valence electrons. The summed E-state index contributed by atoms with van der Waals surface area (Å²) in [5, 5.41) is 11.2. The molecule has 2 heterocycles. The minimum atomic E-state index is 0.406. The lowest BCUT2D eigenvalue weighted by atomic mass is 10.1. The molecule has 4 aromatic carbocycles. The van der Waals surface area contributed by atoms with Crippen LogP contribution in [-0.2, 0) is 13.2 Å². The maximum Gasteiger partial charge on any atom is 0.132 e. The summed E-state index contributed by atoms with van der Waals surface area (Å²) in [4.78, 5) is 0. The molecule has 0 unspecified atom stereocenters. The molecule has 0 amide bonds. The number of para-hydroxylation sites is 2. The third kappa shape index (κ3) is 4.83. The van der Waals surface area contributed by atoms with Gasteiger partial charge in [0.25, 0.3) is 0 Å². The van der Waals surface area contributed by atoms with Gasteiger partial charge in [0.15, 0.2) is 0 Å². The molecule has 6 rings (SSSR count). The number of fused-ring (bicyclic) bond motifs is 1. The highest BCUT2D eigenvalue weighted by atomic mass is 16.5. The van der Waals surface area contributed by atoms with Gasteiger partial charge < -0.3 is 9.47 Å². The summed E-state index contributed by atoms with van der Waals surface area (Å²) >= 11 is 0. The van der Waals surface area contributed by atoms with E-state index in [9.17, 15) is 0 Å². The second kappa shape index (κ2) is 9.80. The number of benzene rings is 4. The fourth-order valence-corrected chi connectivity index (χ4v) is 4.03. The highest BCUT2D eigenvalue weighted by Gasteiger charge is 2.06. The van der Waals surface area contributed by atoms with E-state index in [1.165, 1.54) is 0 Å². The Morgan fingerprint density at radius 2 is 1.22 bits per heavy atom. The zero-order chi connectivity index (χ0) is 24.2. The van der Waals surface area contributed by atoms with E-state index in [2.05, 4.69) is 16.3 Å². The summed E-state index contributed by atoms with van der Waals surface area (Å²) in [5.74, 6) is 1.62. The first kappa shape index (κ1) is 21.7. The van der Waals surface area contributed by atoms with Crippen molar-refractivity contribution in [2.24, 2.45) is 0 Å². The third-order valence-electron chi connectivity index (χ3n) is 5.90. The number of aromatic nitrogens is 4. The molecule has 36 heavy (non-hydrogen) atoms. The molecule has 0 fully saturated rings. The average Bonchev–Trinajstić information content (AvgIpc) is 3.62. The van der Waals surface area contributed by atoms with Crippen molar-refractivity contribution in [1.82, 2.24) is 19.6 Å². The topological polar surface area (TPSA) is 54.1 Å². The number of ether oxygens (including phenoxy) is 2. The van der Waals surface area contributed by atoms with Crippen LogP contribution in [-0.4, -0.2) is 19.6 Å². The van der Waals surface area contributed by atoms with Crippen LogP contribution in [0, 0.1) is 0 Å². The van der Waals surface area contributed by atoms with Crippen LogP contribution in [0.1, 0.15) is 11.3 Å². The van der Waals surface area contributed by atoms with Gasteiger partial charge in [0.1, 0.15) is 30.4 Å². The van der Waals surface area contributed by atoms with E-state index >= 15 is 0 Å². The van der Waals surface area contributed by atoms with Crippen molar-refractivity contribution in [3.63, 3.8) is 0 Å². The minimum Gasteiger partial charge on any atom is -0.489 e. The average molecular weight is 473 g/mol. The van der Waals surface area contributed by atoms with Crippen molar-refractivity contribution in [1.29, 1.82) is 0 Å². The molecule has 2 aromatic heterocycles. The number of hydrogen-bond donors (Lipinski definition) is 0. The smallest absolute Gasteiger partial charge is 0.132 e. The molecule has 6 heteroatoms. The van der Waals surface area contributed by atoms with Gasteiger partial charge in [-0.3, -0.25) is 0 Å². The highest BCUT2D eigenvalue weighted by molar-refractivity contribution is 5.85. The van der Waals surface area contributed by atoms with Crippen molar-refractivity contribution in [2.75, 3.05) is 0 Å². The van der Waals surface area contributed by atoms with E-state index in [1.54, 1.807) is 0 Å². The molecule has 0 aliphatic rings. The van der Waals surface area contributed by atoms with Gasteiger partial charge in [0.05, 0.1) is 17.6 Å². The van der Waals surface area contributed by atoms with E-state index in [-0.39, 0.29) is 0 Å². The monoisotopic (exact) mass is 472 g/mol. The molecule has 0 spiro atoms. The summed E-state index contributed by atoms with van der Waals surface area (Å²) < 4.78 is 15.7. The predicted octanol–water partition coefficient (Wildman–Crippen LogP) is 6.37. The first-order valence-corrected chi connectivity index (χ1v) is 11.8. The predicted molar refractivity (Wildman–Crippen MR) is 140 cm³/mol. The molecule has 0 bridgehead atoms. The Bertz CT molecular complexity index is 1470. The van der Waals surface area contributed by atoms with Crippen molar-refractivity contribution in [2.45, 2.75) is 13.2 Å². The van der Waals surface area contributed by atoms with Gasteiger partial charge in [-0.25, -0.2) is 9.36 Å². The summed E-state index contributed by atoms with van der Waals surface area (Å²) in [5.41, 5.74) is 3.94. The molecule has 0 aliphatic carbocycles. The van der Waals surface area contributed by atoms with E-state index in [0.717, 1.165) is 44.9 Å². The van der Waals surface area contributed by atoms with Crippen LogP contribution in [0.5, 0.6) is 11.5 Å². The minimum absolute atomic E-state index is 0.406. The summed E-state index contributed by atoms with van der Waals surface area (Å²) in [6, 6.07) is 34.2. The normalized spacial score (nSPS) is 11.0. The molecule has 0 saturated carbocycles. The molecular weight excluding hydrogens is 448 g/mol. The lowest BCUT2D eigenvalue weighted by Gasteiger charge is -2.09. The summed E-state index contributed by atoms with van der Waals surface area (Å²) in [6.07, 6.45) is 5.77. The van der Waals surface area contributed by atoms with Gasteiger partial charge >= 0.3 is 0 Å². The summed E-state index contributed by atoms with van der Waals surface area (Å²) in [7, 11) is 0.